The smallest absolute Gasteiger partial charge is 0.233 e. The molecule has 10 nitrogen and oxygen atoms in total. The molecular formula is C30H36N9O+. The van der Waals surface area contributed by atoms with E-state index in [0.717, 1.165) is 85.9 Å². The molecule has 0 bridgehead atoms. The van der Waals surface area contributed by atoms with E-state index in [0.29, 0.717) is 21.8 Å². The van der Waals surface area contributed by atoms with Gasteiger partial charge in [-0.25, -0.2) is 0 Å². The summed E-state index contributed by atoms with van der Waals surface area (Å²) in [6.45, 7) is 3.91. The van der Waals surface area contributed by atoms with Crippen molar-refractivity contribution in [2.75, 3.05) is 62.4 Å². The minimum atomic E-state index is 0.102. The summed E-state index contributed by atoms with van der Waals surface area (Å²) in [7, 11) is 6.33. The van der Waals surface area contributed by atoms with Crippen LogP contribution in [0.2, 0.25) is 0 Å². The second-order valence-corrected chi connectivity index (χ2v) is 11.4. The SMILES string of the molecule is C[N+](C)(C)c1ccc2ccc(O)c(N=Nc3ccc(Nc4nc(N5CCCC5)nc(N5CCCC5)n4)cc3)c2c1. The van der Waals surface area contributed by atoms with Gasteiger partial charge in [-0.1, -0.05) is 6.07 Å². The first-order valence-electron chi connectivity index (χ1n) is 14.0. The Bertz CT molecular complexity index is 1500. The van der Waals surface area contributed by atoms with E-state index in [-0.39, 0.29) is 5.75 Å². The number of nitrogens with zero attached hydrogens (tertiary/aromatic N) is 8. The van der Waals surface area contributed by atoms with E-state index < -0.39 is 0 Å². The number of aromatic nitrogens is 3. The van der Waals surface area contributed by atoms with E-state index in [9.17, 15) is 5.11 Å². The van der Waals surface area contributed by atoms with Crippen LogP contribution in [-0.4, -0.2) is 67.4 Å². The third kappa shape index (κ3) is 5.53. The first-order valence-corrected chi connectivity index (χ1v) is 14.0. The van der Waals surface area contributed by atoms with Crippen molar-refractivity contribution in [3.05, 3.63) is 54.6 Å². The highest BCUT2D eigenvalue weighted by Crippen LogP contribution is 2.38. The Labute approximate surface area is 234 Å². The molecule has 0 aliphatic carbocycles. The topological polar surface area (TPSA) is 102 Å². The number of quaternary nitrogens is 1. The summed E-state index contributed by atoms with van der Waals surface area (Å²) in [5, 5.41) is 24.7. The highest BCUT2D eigenvalue weighted by Gasteiger charge is 2.22. The molecule has 2 saturated heterocycles. The Kier molecular flexibility index (Phi) is 6.93. The van der Waals surface area contributed by atoms with Crippen molar-refractivity contribution in [1.29, 1.82) is 0 Å². The van der Waals surface area contributed by atoms with Gasteiger partial charge >= 0.3 is 0 Å². The number of phenols is 1. The molecule has 10 heteroatoms. The summed E-state index contributed by atoms with van der Waals surface area (Å²) < 4.78 is 0.664. The molecule has 40 heavy (non-hydrogen) atoms. The van der Waals surface area contributed by atoms with E-state index in [2.05, 4.69) is 64.7 Å². The Morgan fingerprint density at radius 2 is 1.35 bits per heavy atom. The number of phenolic OH excluding ortho intramolecular Hbond substituents is 1. The predicted octanol–water partition coefficient (Wildman–Crippen LogP) is 6.29. The fraction of sp³-hybridized carbons (Fsp3) is 0.367. The molecule has 6 rings (SSSR count). The molecule has 0 radical (unpaired) electrons. The summed E-state index contributed by atoms with van der Waals surface area (Å²) in [5.74, 6) is 2.13. The van der Waals surface area contributed by atoms with Gasteiger partial charge in [-0.2, -0.15) is 20.1 Å². The Morgan fingerprint density at radius 3 is 1.95 bits per heavy atom. The van der Waals surface area contributed by atoms with E-state index in [1.54, 1.807) is 6.07 Å². The van der Waals surface area contributed by atoms with Crippen LogP contribution < -0.4 is 19.6 Å². The quantitative estimate of drug-likeness (QED) is 0.211. The minimum Gasteiger partial charge on any atom is -0.506 e. The molecule has 0 amide bonds. The molecule has 3 aromatic carbocycles. The summed E-state index contributed by atoms with van der Waals surface area (Å²) in [4.78, 5) is 18.7. The molecule has 2 fully saturated rings. The van der Waals surface area contributed by atoms with Crippen molar-refractivity contribution in [3.8, 4) is 5.75 Å². The molecule has 1 aromatic heterocycles. The maximum Gasteiger partial charge on any atom is 0.233 e. The van der Waals surface area contributed by atoms with Crippen molar-refractivity contribution in [1.82, 2.24) is 19.4 Å². The van der Waals surface area contributed by atoms with Gasteiger partial charge in [0.1, 0.15) is 17.1 Å². The molecular weight excluding hydrogens is 502 g/mol. The summed E-state index contributed by atoms with van der Waals surface area (Å²) in [6.07, 6.45) is 4.65. The van der Waals surface area contributed by atoms with Gasteiger partial charge in [-0.05, 0) is 73.5 Å². The van der Waals surface area contributed by atoms with Crippen LogP contribution in [0.3, 0.4) is 0 Å². The highest BCUT2D eigenvalue weighted by molar-refractivity contribution is 5.97. The standard InChI is InChI=1S/C30H35N9O/c1-39(2,3)24-14-8-21-9-15-26(40)27(25(21)20-24)36-35-23-12-10-22(11-13-23)31-28-32-29(37-16-4-5-17-37)34-30(33-28)38-18-6-7-19-38/h8-15,20H,4-7,16-19H2,1-3H3,(H-,31,32,33,34,35,36,40)/p+1. The Morgan fingerprint density at radius 1 is 0.750 bits per heavy atom. The van der Waals surface area contributed by atoms with Crippen LogP contribution in [0.4, 0.5) is 40.6 Å². The lowest BCUT2D eigenvalue weighted by molar-refractivity contribution is 0.477. The molecule has 2 aliphatic heterocycles. The molecule has 0 atom stereocenters. The van der Waals surface area contributed by atoms with Crippen molar-refractivity contribution in [2.45, 2.75) is 25.7 Å². The van der Waals surface area contributed by atoms with Gasteiger partial charge in [0.05, 0.1) is 26.8 Å². The summed E-state index contributed by atoms with van der Waals surface area (Å²) in [5.41, 5.74) is 3.11. The van der Waals surface area contributed by atoms with E-state index in [4.69, 9.17) is 15.0 Å². The maximum atomic E-state index is 10.6. The van der Waals surface area contributed by atoms with Gasteiger partial charge in [0.15, 0.2) is 0 Å². The maximum absolute atomic E-state index is 10.6. The summed E-state index contributed by atoms with van der Waals surface area (Å²) >= 11 is 0. The lowest BCUT2D eigenvalue weighted by Gasteiger charge is -2.23. The van der Waals surface area contributed by atoms with Crippen LogP contribution >= 0.6 is 0 Å². The second kappa shape index (κ2) is 10.7. The number of rotatable bonds is 7. The van der Waals surface area contributed by atoms with E-state index >= 15 is 0 Å². The number of azo groups is 1. The number of benzene rings is 3. The normalized spacial score (nSPS) is 16.0. The number of nitrogens with one attached hydrogen (secondary N) is 1. The number of fused-ring (bicyclic) bond motifs is 1. The monoisotopic (exact) mass is 538 g/mol. The van der Waals surface area contributed by atoms with Crippen molar-refractivity contribution >= 4 is 51.4 Å². The highest BCUT2D eigenvalue weighted by atomic mass is 16.3. The van der Waals surface area contributed by atoms with Gasteiger partial charge in [0.25, 0.3) is 0 Å². The third-order valence-corrected chi connectivity index (χ3v) is 7.51. The van der Waals surface area contributed by atoms with Crippen LogP contribution in [0.1, 0.15) is 25.7 Å². The van der Waals surface area contributed by atoms with Crippen LogP contribution in [0, 0.1) is 0 Å². The van der Waals surface area contributed by atoms with Crippen LogP contribution in [0.25, 0.3) is 10.8 Å². The Hall–Kier alpha value is -4.31. The zero-order chi connectivity index (χ0) is 27.7. The molecule has 3 heterocycles. The number of hydrogen-bond acceptors (Lipinski definition) is 9. The second-order valence-electron chi connectivity index (χ2n) is 11.4. The molecule has 0 saturated carbocycles. The lowest BCUT2D eigenvalue weighted by atomic mass is 10.1. The molecule has 2 N–H and O–H groups in total. The molecule has 0 spiro atoms. The van der Waals surface area contributed by atoms with E-state index in [1.807, 2.05) is 30.3 Å². The van der Waals surface area contributed by atoms with Gasteiger partial charge in [-0.3, -0.25) is 4.48 Å². The van der Waals surface area contributed by atoms with Crippen LogP contribution in [0.5, 0.6) is 5.75 Å². The van der Waals surface area contributed by atoms with Gasteiger partial charge in [0, 0.05) is 43.3 Å². The first kappa shape index (κ1) is 25.9. The molecule has 2 aliphatic rings. The third-order valence-electron chi connectivity index (χ3n) is 7.51. The van der Waals surface area contributed by atoms with Crippen molar-refractivity contribution < 1.29 is 5.11 Å². The van der Waals surface area contributed by atoms with Gasteiger partial charge in [0.2, 0.25) is 17.8 Å². The average Bonchev–Trinajstić information content (AvgIpc) is 3.68. The fourth-order valence-electron chi connectivity index (χ4n) is 5.18. The van der Waals surface area contributed by atoms with Crippen LogP contribution in [0.15, 0.2) is 64.8 Å². The minimum absolute atomic E-state index is 0.102. The summed E-state index contributed by atoms with van der Waals surface area (Å²) in [6, 6.07) is 17.4. The van der Waals surface area contributed by atoms with Crippen molar-refractivity contribution in [3.63, 3.8) is 0 Å². The fourth-order valence-corrected chi connectivity index (χ4v) is 5.18. The number of hydrogen-bond donors (Lipinski definition) is 2. The number of anilines is 4. The molecule has 0 unspecified atom stereocenters. The van der Waals surface area contributed by atoms with Crippen molar-refractivity contribution in [2.24, 2.45) is 10.2 Å². The lowest BCUT2D eigenvalue weighted by Crippen LogP contribution is -2.34. The Balaban J connectivity index is 1.24. The van der Waals surface area contributed by atoms with Crippen LogP contribution in [-0.2, 0) is 0 Å². The van der Waals surface area contributed by atoms with E-state index in [1.165, 1.54) is 0 Å². The predicted molar refractivity (Wildman–Crippen MR) is 162 cm³/mol. The van der Waals surface area contributed by atoms with Gasteiger partial charge in [-0.15, -0.1) is 5.11 Å². The number of aromatic hydroxyl groups is 1. The zero-order valence-electron chi connectivity index (χ0n) is 23.4. The first-order chi connectivity index (χ1) is 19.3. The average molecular weight is 539 g/mol. The zero-order valence-corrected chi connectivity index (χ0v) is 23.4. The largest absolute Gasteiger partial charge is 0.506 e. The molecule has 206 valence electrons. The van der Waals surface area contributed by atoms with Gasteiger partial charge < -0.3 is 20.2 Å². The molecule has 4 aromatic rings.